The van der Waals surface area contributed by atoms with Gasteiger partial charge in [-0.2, -0.15) is 11.8 Å². The van der Waals surface area contributed by atoms with E-state index in [0.717, 1.165) is 32.1 Å². The minimum Gasteiger partial charge on any atom is -0.481 e. The Labute approximate surface area is 269 Å². The summed E-state index contributed by atoms with van der Waals surface area (Å²) in [5.74, 6) is -0.0136. The first-order valence-corrected chi connectivity index (χ1v) is 17.5. The monoisotopic (exact) mass is 645 g/mol. The number of carbonyl (C=O) groups is 5. The predicted molar refractivity (Wildman–Crippen MR) is 174 cm³/mol. The number of amides is 1. The number of carboxylic acid groups (broad SMARTS) is 1. The zero-order valence-electron chi connectivity index (χ0n) is 27.8. The number of unbranched alkanes of at least 4 members (excludes halogenated alkanes) is 8. The average Bonchev–Trinajstić information content (AvgIpc) is 2.93. The lowest BCUT2D eigenvalue weighted by Gasteiger charge is -2.23. The first-order valence-electron chi connectivity index (χ1n) is 16.4. The van der Waals surface area contributed by atoms with Crippen LogP contribution in [0.1, 0.15) is 124 Å². The van der Waals surface area contributed by atoms with E-state index in [-0.39, 0.29) is 50.8 Å². The number of thioether (sulfide) groups is 1. The molecule has 0 aromatic rings. The van der Waals surface area contributed by atoms with Gasteiger partial charge in [0.1, 0.15) is 18.0 Å². The number of esters is 1. The minimum atomic E-state index is -1.04. The molecule has 1 atom stereocenters. The smallest absolute Gasteiger partial charge is 0.309 e. The molecule has 1 unspecified atom stereocenters. The first-order chi connectivity index (χ1) is 20.9. The number of nitrogens with one attached hydrogen (secondary N) is 1. The Kier molecular flexibility index (Phi) is 26.1. The summed E-state index contributed by atoms with van der Waals surface area (Å²) in [6.45, 7) is 7.81. The number of carboxylic acids is 1. The molecule has 0 heterocycles. The van der Waals surface area contributed by atoms with E-state index in [1.165, 1.54) is 50.0 Å². The summed E-state index contributed by atoms with van der Waals surface area (Å²) in [7, 11) is 0. The predicted octanol–water partition coefficient (Wildman–Crippen LogP) is 5.92. The third-order valence-electron chi connectivity index (χ3n) is 6.63. The van der Waals surface area contributed by atoms with Gasteiger partial charge in [0.2, 0.25) is 5.91 Å². The molecular formula is C33H59NO9S. The number of Topliss-reactive ketones (excluding diaryl/α,β-unsaturated/α-hetero) is 2. The van der Waals surface area contributed by atoms with E-state index in [2.05, 4.69) is 5.32 Å². The average molecular weight is 646 g/mol. The Morgan fingerprint density at radius 2 is 1.32 bits per heavy atom. The zero-order chi connectivity index (χ0) is 33.1. The standard InChI is InChI=1S/C33H59NO9S/c1-27(35)15-11-7-5-9-13-23-44-24-14-10-6-8-12-16-30(37)34-19-20-41-21-22-42-26-29(36)25-28(17-18-31(38)39)32(40)43-33(2,3)4/h28H,5-26H2,1-4H3,(H,34,37)(H,38,39). The highest BCUT2D eigenvalue weighted by molar-refractivity contribution is 7.99. The Bertz CT molecular complexity index is 814. The first kappa shape index (κ1) is 42.0. The summed E-state index contributed by atoms with van der Waals surface area (Å²) < 4.78 is 16.1. The van der Waals surface area contributed by atoms with E-state index in [1.807, 2.05) is 11.8 Å². The normalized spacial score (nSPS) is 12.1. The van der Waals surface area contributed by atoms with Crippen LogP contribution >= 0.6 is 11.8 Å². The highest BCUT2D eigenvalue weighted by Crippen LogP contribution is 2.19. The van der Waals surface area contributed by atoms with Crippen LogP contribution in [0.15, 0.2) is 0 Å². The largest absolute Gasteiger partial charge is 0.481 e. The second kappa shape index (κ2) is 27.3. The van der Waals surface area contributed by atoms with Crippen molar-refractivity contribution in [3.8, 4) is 0 Å². The fourth-order valence-corrected chi connectivity index (χ4v) is 5.33. The van der Waals surface area contributed by atoms with Gasteiger partial charge in [-0.3, -0.25) is 19.2 Å². The molecular weight excluding hydrogens is 586 g/mol. The fourth-order valence-electron chi connectivity index (χ4n) is 4.31. The molecule has 0 aliphatic carbocycles. The number of aliphatic carboxylic acids is 1. The number of hydrogen-bond acceptors (Lipinski definition) is 9. The van der Waals surface area contributed by atoms with Crippen LogP contribution in [0.3, 0.4) is 0 Å². The van der Waals surface area contributed by atoms with Crippen molar-refractivity contribution in [1.82, 2.24) is 5.32 Å². The molecule has 256 valence electrons. The van der Waals surface area contributed by atoms with Crippen LogP contribution in [0.25, 0.3) is 0 Å². The van der Waals surface area contributed by atoms with Gasteiger partial charge < -0.3 is 29.4 Å². The van der Waals surface area contributed by atoms with Gasteiger partial charge in [-0.15, -0.1) is 0 Å². The molecule has 0 saturated heterocycles. The maximum absolute atomic E-state index is 12.4. The lowest BCUT2D eigenvalue weighted by atomic mass is 9.97. The highest BCUT2D eigenvalue weighted by Gasteiger charge is 2.27. The maximum Gasteiger partial charge on any atom is 0.309 e. The van der Waals surface area contributed by atoms with E-state index < -0.39 is 23.5 Å². The van der Waals surface area contributed by atoms with Crippen LogP contribution in [0.4, 0.5) is 0 Å². The molecule has 44 heavy (non-hydrogen) atoms. The molecule has 0 rings (SSSR count). The van der Waals surface area contributed by atoms with Crippen LogP contribution in [-0.4, -0.2) is 84.6 Å². The third-order valence-corrected chi connectivity index (χ3v) is 7.79. The number of rotatable bonds is 30. The van der Waals surface area contributed by atoms with Gasteiger partial charge in [0.05, 0.1) is 25.7 Å². The van der Waals surface area contributed by atoms with Crippen molar-refractivity contribution in [3.05, 3.63) is 0 Å². The van der Waals surface area contributed by atoms with Gasteiger partial charge in [-0.25, -0.2) is 0 Å². The van der Waals surface area contributed by atoms with Crippen molar-refractivity contribution >= 4 is 41.2 Å². The highest BCUT2D eigenvalue weighted by atomic mass is 32.2. The van der Waals surface area contributed by atoms with E-state index in [0.29, 0.717) is 25.4 Å². The van der Waals surface area contributed by atoms with Crippen molar-refractivity contribution in [3.63, 3.8) is 0 Å². The van der Waals surface area contributed by atoms with Gasteiger partial charge >= 0.3 is 11.9 Å². The second-order valence-corrected chi connectivity index (χ2v) is 13.5. The van der Waals surface area contributed by atoms with Crippen LogP contribution in [-0.2, 0) is 38.2 Å². The van der Waals surface area contributed by atoms with Crippen LogP contribution in [0.5, 0.6) is 0 Å². The molecule has 0 aromatic carbocycles. The van der Waals surface area contributed by atoms with E-state index in [1.54, 1.807) is 27.7 Å². The molecule has 0 aliphatic rings. The van der Waals surface area contributed by atoms with Gasteiger partial charge in [0, 0.05) is 32.2 Å². The van der Waals surface area contributed by atoms with E-state index in [4.69, 9.17) is 19.3 Å². The van der Waals surface area contributed by atoms with Crippen molar-refractivity contribution < 1.29 is 43.3 Å². The molecule has 0 fully saturated rings. The summed E-state index contributed by atoms with van der Waals surface area (Å²) in [6, 6.07) is 0. The molecule has 0 bridgehead atoms. The molecule has 2 N–H and O–H groups in total. The topological polar surface area (TPSA) is 145 Å². The van der Waals surface area contributed by atoms with Gasteiger partial charge in [-0.05, 0) is 71.3 Å². The Balaban J connectivity index is 3.64. The van der Waals surface area contributed by atoms with Crippen molar-refractivity contribution in [2.24, 2.45) is 5.92 Å². The Hall–Kier alpha value is -1.98. The third kappa shape index (κ3) is 30.1. The summed E-state index contributed by atoms with van der Waals surface area (Å²) in [5, 5.41) is 11.8. The molecule has 10 nitrogen and oxygen atoms in total. The Morgan fingerprint density at radius 1 is 0.750 bits per heavy atom. The zero-order valence-corrected chi connectivity index (χ0v) is 28.6. The van der Waals surface area contributed by atoms with E-state index in [9.17, 15) is 24.0 Å². The summed E-state index contributed by atoms with van der Waals surface area (Å²) in [4.78, 5) is 58.4. The van der Waals surface area contributed by atoms with Crippen LogP contribution in [0, 0.1) is 5.92 Å². The van der Waals surface area contributed by atoms with Crippen molar-refractivity contribution in [2.75, 3.05) is 44.5 Å². The van der Waals surface area contributed by atoms with Gasteiger partial charge in [0.25, 0.3) is 0 Å². The molecule has 0 aromatic heterocycles. The summed E-state index contributed by atoms with van der Waals surface area (Å²) >= 11 is 2.03. The number of hydrogen-bond donors (Lipinski definition) is 2. The van der Waals surface area contributed by atoms with Gasteiger partial charge in [0.15, 0.2) is 5.78 Å². The lowest BCUT2D eigenvalue weighted by Crippen LogP contribution is -2.31. The molecule has 0 saturated carbocycles. The molecule has 0 aliphatic heterocycles. The fraction of sp³-hybridized carbons (Fsp3) is 0.848. The van der Waals surface area contributed by atoms with Gasteiger partial charge in [-0.1, -0.05) is 38.5 Å². The number of carbonyl (C=O) groups excluding carboxylic acids is 4. The quantitative estimate of drug-likeness (QED) is 0.0713. The maximum atomic E-state index is 12.4. The molecule has 0 radical (unpaired) electrons. The van der Waals surface area contributed by atoms with E-state index >= 15 is 0 Å². The van der Waals surface area contributed by atoms with Crippen LogP contribution in [0.2, 0.25) is 0 Å². The molecule has 1 amide bonds. The Morgan fingerprint density at radius 3 is 1.91 bits per heavy atom. The van der Waals surface area contributed by atoms with Crippen molar-refractivity contribution in [1.29, 1.82) is 0 Å². The molecule has 11 heteroatoms. The second-order valence-electron chi connectivity index (χ2n) is 12.3. The van der Waals surface area contributed by atoms with Crippen molar-refractivity contribution in [2.45, 2.75) is 130 Å². The lowest BCUT2D eigenvalue weighted by molar-refractivity contribution is -0.162. The minimum absolute atomic E-state index is 0.0229. The van der Waals surface area contributed by atoms with Crippen LogP contribution < -0.4 is 5.32 Å². The SMILES string of the molecule is CC(=O)CCCCCCCSCCCCCCCC(=O)NCCOCCOCC(=O)CC(CCC(=O)O)C(=O)OC(C)(C)C. The summed E-state index contributed by atoms with van der Waals surface area (Å²) in [6.07, 6.45) is 12.4. The number of ether oxygens (including phenoxy) is 3. The number of ketones is 2. The molecule has 0 spiro atoms. The summed E-state index contributed by atoms with van der Waals surface area (Å²) in [5.41, 5.74) is -0.728.